The Labute approximate surface area is 130 Å². The van der Waals surface area contributed by atoms with Crippen LogP contribution in [0.5, 0.6) is 0 Å². The first kappa shape index (κ1) is 14.3. The zero-order valence-corrected chi connectivity index (χ0v) is 14.2. The van der Waals surface area contributed by atoms with Crippen molar-refractivity contribution >= 4 is 5.78 Å². The van der Waals surface area contributed by atoms with Crippen LogP contribution in [0, 0.1) is 40.4 Å². The van der Waals surface area contributed by atoms with Crippen LogP contribution in [-0.2, 0) is 4.79 Å². The van der Waals surface area contributed by atoms with Crippen LogP contribution in [0.25, 0.3) is 0 Å². The average molecular weight is 288 g/mol. The van der Waals surface area contributed by atoms with Gasteiger partial charge in [0.05, 0.1) is 0 Å². The maximum atomic E-state index is 12.2. The van der Waals surface area contributed by atoms with E-state index in [1.807, 2.05) is 0 Å². The average Bonchev–Trinajstić information content (AvgIpc) is 2.82. The number of Topliss-reactive ketones (excluding diaryl/α,β-unsaturated/α-hetero) is 1. The van der Waals surface area contributed by atoms with E-state index < -0.39 is 0 Å². The monoisotopic (exact) mass is 288 g/mol. The molecule has 7 atom stereocenters. The third-order valence-electron chi connectivity index (χ3n) is 8.59. The van der Waals surface area contributed by atoms with Crippen molar-refractivity contribution in [3.63, 3.8) is 0 Å². The van der Waals surface area contributed by atoms with Crippen molar-refractivity contribution in [2.75, 3.05) is 0 Å². The molecule has 0 spiro atoms. The quantitative estimate of drug-likeness (QED) is 0.596. The summed E-state index contributed by atoms with van der Waals surface area (Å²) in [5.74, 6) is 4.48. The van der Waals surface area contributed by atoms with Crippen molar-refractivity contribution in [1.82, 2.24) is 0 Å². The molecule has 0 amide bonds. The molecule has 118 valence electrons. The highest BCUT2D eigenvalue weighted by molar-refractivity contribution is 5.82. The van der Waals surface area contributed by atoms with Crippen molar-refractivity contribution in [2.45, 2.75) is 78.6 Å². The Morgan fingerprint density at radius 2 is 1.81 bits per heavy atom. The van der Waals surface area contributed by atoms with Crippen LogP contribution < -0.4 is 0 Å². The molecule has 4 aliphatic rings. The minimum Gasteiger partial charge on any atom is -0.299 e. The van der Waals surface area contributed by atoms with Gasteiger partial charge in [-0.3, -0.25) is 4.79 Å². The molecular formula is C20H32O. The van der Waals surface area contributed by atoms with Crippen molar-refractivity contribution in [3.8, 4) is 0 Å². The lowest BCUT2D eigenvalue weighted by atomic mass is 9.44. The number of carbonyl (C=O) groups excluding carboxylic acids is 1. The maximum absolute atomic E-state index is 12.2. The lowest BCUT2D eigenvalue weighted by Gasteiger charge is -2.60. The number of ketones is 1. The third-order valence-corrected chi connectivity index (χ3v) is 8.59. The molecule has 1 heteroatoms. The Morgan fingerprint density at radius 1 is 1.00 bits per heavy atom. The van der Waals surface area contributed by atoms with Crippen molar-refractivity contribution in [1.29, 1.82) is 0 Å². The molecule has 0 bridgehead atoms. The van der Waals surface area contributed by atoms with Crippen molar-refractivity contribution < 1.29 is 4.79 Å². The molecule has 1 unspecified atom stereocenters. The summed E-state index contributed by atoms with van der Waals surface area (Å²) in [6, 6.07) is 0. The van der Waals surface area contributed by atoms with Crippen molar-refractivity contribution in [3.05, 3.63) is 0 Å². The molecule has 0 heterocycles. The maximum Gasteiger partial charge on any atom is 0.136 e. The van der Waals surface area contributed by atoms with Gasteiger partial charge in [-0.2, -0.15) is 0 Å². The summed E-state index contributed by atoms with van der Waals surface area (Å²) in [7, 11) is 0. The Kier molecular flexibility index (Phi) is 3.12. The van der Waals surface area contributed by atoms with Gasteiger partial charge in [0, 0.05) is 12.3 Å². The van der Waals surface area contributed by atoms with Crippen LogP contribution in [-0.4, -0.2) is 5.78 Å². The lowest BCUT2D eigenvalue weighted by molar-refractivity contribution is -0.144. The number of hydrogen-bond acceptors (Lipinski definition) is 1. The van der Waals surface area contributed by atoms with E-state index in [0.717, 1.165) is 24.2 Å². The number of fused-ring (bicyclic) bond motifs is 5. The first-order chi connectivity index (χ1) is 9.94. The molecule has 1 nitrogen and oxygen atoms in total. The number of rotatable bonds is 0. The summed E-state index contributed by atoms with van der Waals surface area (Å²) in [6.45, 7) is 7.34. The third kappa shape index (κ3) is 1.91. The summed E-state index contributed by atoms with van der Waals surface area (Å²) < 4.78 is 0. The first-order valence-corrected chi connectivity index (χ1v) is 9.47. The minimum absolute atomic E-state index is 0.321. The van der Waals surface area contributed by atoms with Crippen LogP contribution >= 0.6 is 0 Å². The van der Waals surface area contributed by atoms with Crippen LogP contribution in [0.15, 0.2) is 0 Å². The fourth-order valence-electron chi connectivity index (χ4n) is 7.40. The van der Waals surface area contributed by atoms with Crippen LogP contribution in [0.3, 0.4) is 0 Å². The predicted octanol–water partition coefficient (Wildman–Crippen LogP) is 5.23. The van der Waals surface area contributed by atoms with Gasteiger partial charge in [0.2, 0.25) is 0 Å². The number of carbonyl (C=O) groups is 1. The van der Waals surface area contributed by atoms with E-state index in [1.54, 1.807) is 0 Å². The van der Waals surface area contributed by atoms with Gasteiger partial charge < -0.3 is 0 Å². The van der Waals surface area contributed by atoms with Gasteiger partial charge >= 0.3 is 0 Å². The van der Waals surface area contributed by atoms with E-state index in [9.17, 15) is 4.79 Å². The van der Waals surface area contributed by atoms with E-state index in [2.05, 4.69) is 20.8 Å². The molecule has 0 aromatic carbocycles. The largest absolute Gasteiger partial charge is 0.299 e. The fourth-order valence-corrected chi connectivity index (χ4v) is 7.40. The Hall–Kier alpha value is -0.330. The van der Waals surface area contributed by atoms with E-state index >= 15 is 0 Å². The van der Waals surface area contributed by atoms with Gasteiger partial charge in [0.15, 0.2) is 0 Å². The van der Waals surface area contributed by atoms with Crippen molar-refractivity contribution in [2.24, 2.45) is 40.4 Å². The molecule has 4 fully saturated rings. The second kappa shape index (κ2) is 4.59. The molecule has 4 saturated carbocycles. The number of hydrogen-bond donors (Lipinski definition) is 0. The van der Waals surface area contributed by atoms with E-state index in [-0.39, 0.29) is 0 Å². The summed E-state index contributed by atoms with van der Waals surface area (Å²) >= 11 is 0. The molecule has 0 radical (unpaired) electrons. The Bertz CT molecular complexity index is 455. The van der Waals surface area contributed by atoms with E-state index in [1.165, 1.54) is 51.4 Å². The highest BCUT2D eigenvalue weighted by atomic mass is 16.1. The lowest BCUT2D eigenvalue weighted by Crippen LogP contribution is -2.54. The molecule has 0 aromatic heterocycles. The molecule has 0 aliphatic heterocycles. The summed E-state index contributed by atoms with van der Waals surface area (Å²) in [4.78, 5) is 12.2. The molecule has 4 rings (SSSR count). The zero-order chi connectivity index (χ0) is 14.8. The highest BCUT2D eigenvalue weighted by Crippen LogP contribution is 2.66. The SMILES string of the molecule is C[C@@H]1C[C@@]2(C)[C@@H](CCC3[C@@H]4CCC[C@@]4(C)CC[C@@H]32)CC1=O. The normalized spacial score (nSPS) is 56.5. The Morgan fingerprint density at radius 3 is 2.62 bits per heavy atom. The molecule has 0 saturated heterocycles. The van der Waals surface area contributed by atoms with Gasteiger partial charge in [0.25, 0.3) is 0 Å². The molecule has 0 aromatic rings. The highest BCUT2D eigenvalue weighted by Gasteiger charge is 2.58. The van der Waals surface area contributed by atoms with E-state index in [0.29, 0.717) is 28.4 Å². The Balaban J connectivity index is 1.65. The second-order valence-electron chi connectivity index (χ2n) is 9.52. The van der Waals surface area contributed by atoms with Gasteiger partial charge in [-0.25, -0.2) is 0 Å². The molecule has 0 N–H and O–H groups in total. The van der Waals surface area contributed by atoms with Crippen LogP contribution in [0.2, 0.25) is 0 Å². The van der Waals surface area contributed by atoms with Gasteiger partial charge in [-0.1, -0.05) is 27.2 Å². The van der Waals surface area contributed by atoms with Gasteiger partial charge in [-0.15, -0.1) is 0 Å². The van der Waals surface area contributed by atoms with Crippen LogP contribution in [0.4, 0.5) is 0 Å². The predicted molar refractivity (Wildman–Crippen MR) is 85.9 cm³/mol. The van der Waals surface area contributed by atoms with Gasteiger partial charge in [0.1, 0.15) is 5.78 Å². The molecule has 21 heavy (non-hydrogen) atoms. The molecular weight excluding hydrogens is 256 g/mol. The summed E-state index contributed by atoms with van der Waals surface area (Å²) in [5, 5.41) is 0. The topological polar surface area (TPSA) is 17.1 Å². The minimum atomic E-state index is 0.321. The van der Waals surface area contributed by atoms with E-state index in [4.69, 9.17) is 0 Å². The second-order valence-corrected chi connectivity index (χ2v) is 9.52. The zero-order valence-electron chi connectivity index (χ0n) is 14.2. The van der Waals surface area contributed by atoms with Crippen LogP contribution in [0.1, 0.15) is 78.6 Å². The first-order valence-electron chi connectivity index (χ1n) is 9.47. The standard InChI is InChI=1S/C20H32O/c1-13-12-20(3)14(11-18(13)21)6-7-15-16-5-4-9-19(16,2)10-8-17(15)20/h13-17H,4-12H2,1-3H3/t13-,14+,15?,16+,17+,19+,20+/m1/s1. The summed E-state index contributed by atoms with van der Waals surface area (Å²) in [5.41, 5.74) is 1.14. The summed E-state index contributed by atoms with van der Waals surface area (Å²) in [6.07, 6.45) is 12.2. The smallest absolute Gasteiger partial charge is 0.136 e. The van der Waals surface area contributed by atoms with Gasteiger partial charge in [-0.05, 0) is 79.4 Å². The molecule has 4 aliphatic carbocycles. The fraction of sp³-hybridized carbons (Fsp3) is 0.950.